The van der Waals surface area contributed by atoms with E-state index in [1.807, 2.05) is 27.2 Å². The van der Waals surface area contributed by atoms with Gasteiger partial charge in [-0.2, -0.15) is 0 Å². The van der Waals surface area contributed by atoms with Gasteiger partial charge >= 0.3 is 0 Å². The molecule has 19 heavy (non-hydrogen) atoms. The summed E-state index contributed by atoms with van der Waals surface area (Å²) in [5.41, 5.74) is 1.62. The summed E-state index contributed by atoms with van der Waals surface area (Å²) < 4.78 is 0. The van der Waals surface area contributed by atoms with Gasteiger partial charge in [0.2, 0.25) is 0 Å². The van der Waals surface area contributed by atoms with Crippen molar-refractivity contribution in [2.24, 2.45) is 0 Å². The third kappa shape index (κ3) is 4.84. The van der Waals surface area contributed by atoms with Crippen molar-refractivity contribution in [3.05, 3.63) is 33.9 Å². The second-order valence-corrected chi connectivity index (χ2v) is 4.90. The molecule has 1 N–H and O–H groups in total. The molecule has 0 unspecified atom stereocenters. The fraction of sp³-hybridized carbons (Fsp3) is 0.538. The number of anilines is 1. The van der Waals surface area contributed by atoms with Crippen LogP contribution in [0.15, 0.2) is 18.2 Å². The predicted molar refractivity (Wildman–Crippen MR) is 77.5 cm³/mol. The van der Waals surface area contributed by atoms with E-state index in [-0.39, 0.29) is 10.6 Å². The molecular formula is C13H22N4O2. The van der Waals surface area contributed by atoms with Gasteiger partial charge in [0, 0.05) is 32.7 Å². The first kappa shape index (κ1) is 15.4. The number of nitrogens with one attached hydrogen (secondary N) is 1. The third-order valence-electron chi connectivity index (χ3n) is 2.91. The Hall–Kier alpha value is -1.66. The average molecular weight is 266 g/mol. The van der Waals surface area contributed by atoms with E-state index in [0.29, 0.717) is 12.2 Å². The first-order chi connectivity index (χ1) is 8.93. The molecule has 106 valence electrons. The number of benzene rings is 1. The van der Waals surface area contributed by atoms with Gasteiger partial charge in [-0.1, -0.05) is 6.07 Å². The molecular weight excluding hydrogens is 244 g/mol. The van der Waals surface area contributed by atoms with Crippen molar-refractivity contribution < 1.29 is 4.92 Å². The second kappa shape index (κ2) is 7.06. The minimum absolute atomic E-state index is 0.126. The van der Waals surface area contributed by atoms with Crippen LogP contribution in [0.1, 0.15) is 5.56 Å². The van der Waals surface area contributed by atoms with Crippen LogP contribution < -0.4 is 5.32 Å². The Balaban J connectivity index is 2.74. The molecule has 0 amide bonds. The van der Waals surface area contributed by atoms with E-state index in [2.05, 4.69) is 15.1 Å². The number of hydrogen-bond donors (Lipinski definition) is 1. The van der Waals surface area contributed by atoms with Gasteiger partial charge in [-0.05, 0) is 32.8 Å². The van der Waals surface area contributed by atoms with Crippen molar-refractivity contribution in [3.63, 3.8) is 0 Å². The highest BCUT2D eigenvalue weighted by Crippen LogP contribution is 2.25. The summed E-state index contributed by atoms with van der Waals surface area (Å²) in [5, 5.41) is 13.8. The number of nitrogens with zero attached hydrogens (tertiary/aromatic N) is 3. The van der Waals surface area contributed by atoms with Crippen molar-refractivity contribution in [1.82, 2.24) is 9.80 Å². The van der Waals surface area contributed by atoms with Crippen LogP contribution in [-0.2, 0) is 6.54 Å². The number of hydrogen-bond acceptors (Lipinski definition) is 5. The molecule has 0 radical (unpaired) electrons. The maximum atomic E-state index is 11.0. The van der Waals surface area contributed by atoms with E-state index < -0.39 is 0 Å². The molecule has 0 spiro atoms. The first-order valence-corrected chi connectivity index (χ1v) is 6.22. The van der Waals surface area contributed by atoms with Crippen molar-refractivity contribution in [2.45, 2.75) is 6.54 Å². The fourth-order valence-electron chi connectivity index (χ4n) is 1.80. The van der Waals surface area contributed by atoms with E-state index in [4.69, 9.17) is 0 Å². The van der Waals surface area contributed by atoms with Crippen molar-refractivity contribution in [1.29, 1.82) is 0 Å². The van der Waals surface area contributed by atoms with E-state index >= 15 is 0 Å². The summed E-state index contributed by atoms with van der Waals surface area (Å²) in [5.74, 6) is 0. The zero-order valence-electron chi connectivity index (χ0n) is 12.0. The van der Waals surface area contributed by atoms with Crippen LogP contribution in [0.4, 0.5) is 11.4 Å². The minimum atomic E-state index is -0.352. The molecule has 0 atom stereocenters. The Morgan fingerprint density at radius 1 is 1.26 bits per heavy atom. The van der Waals surface area contributed by atoms with Crippen LogP contribution in [0.5, 0.6) is 0 Å². The molecule has 0 aliphatic carbocycles. The van der Waals surface area contributed by atoms with Crippen LogP contribution >= 0.6 is 0 Å². The van der Waals surface area contributed by atoms with Gasteiger partial charge in [-0.15, -0.1) is 0 Å². The van der Waals surface area contributed by atoms with Crippen LogP contribution in [0, 0.1) is 10.1 Å². The van der Waals surface area contributed by atoms with Gasteiger partial charge in [-0.25, -0.2) is 0 Å². The quantitative estimate of drug-likeness (QED) is 0.600. The minimum Gasteiger partial charge on any atom is -0.383 e. The lowest BCUT2D eigenvalue weighted by Gasteiger charge is -2.19. The van der Waals surface area contributed by atoms with Gasteiger partial charge in [0.05, 0.1) is 4.92 Å². The van der Waals surface area contributed by atoms with Crippen molar-refractivity contribution in [2.75, 3.05) is 46.6 Å². The molecule has 1 rings (SSSR count). The Bertz CT molecular complexity index is 435. The number of nitro groups is 1. The molecule has 0 bridgehead atoms. The van der Waals surface area contributed by atoms with E-state index in [9.17, 15) is 10.1 Å². The maximum Gasteiger partial charge on any atom is 0.292 e. The largest absolute Gasteiger partial charge is 0.383 e. The zero-order valence-corrected chi connectivity index (χ0v) is 12.0. The molecule has 1 aromatic carbocycles. The number of nitro benzene ring substituents is 1. The summed E-state index contributed by atoms with van der Waals surface area (Å²) in [6, 6.07) is 5.32. The predicted octanol–water partition coefficient (Wildman–Crippen LogP) is 1.63. The SMILES string of the molecule is CNc1ccc(CN(C)CCN(C)C)cc1[N+](=O)[O-]. The van der Waals surface area contributed by atoms with Gasteiger partial charge in [0.15, 0.2) is 0 Å². The topological polar surface area (TPSA) is 61.6 Å². The highest BCUT2D eigenvalue weighted by molar-refractivity contribution is 5.62. The number of rotatable bonds is 7. The van der Waals surface area contributed by atoms with E-state index in [1.165, 1.54) is 0 Å². The molecule has 0 saturated heterocycles. The van der Waals surface area contributed by atoms with Crippen molar-refractivity contribution >= 4 is 11.4 Å². The average Bonchev–Trinajstić information content (AvgIpc) is 2.36. The Morgan fingerprint density at radius 2 is 1.95 bits per heavy atom. The lowest BCUT2D eigenvalue weighted by Crippen LogP contribution is -2.28. The molecule has 1 aromatic rings. The van der Waals surface area contributed by atoms with Gasteiger partial charge < -0.3 is 15.1 Å². The van der Waals surface area contributed by atoms with Gasteiger partial charge in [0.1, 0.15) is 5.69 Å². The molecule has 6 nitrogen and oxygen atoms in total. The maximum absolute atomic E-state index is 11.0. The Kier molecular flexibility index (Phi) is 5.72. The highest BCUT2D eigenvalue weighted by Gasteiger charge is 2.14. The Labute approximate surface area is 114 Å². The molecule has 0 aliphatic heterocycles. The zero-order chi connectivity index (χ0) is 14.4. The number of likely N-dealkylation sites (N-methyl/N-ethyl adjacent to an activating group) is 2. The lowest BCUT2D eigenvalue weighted by atomic mass is 10.1. The van der Waals surface area contributed by atoms with Crippen LogP contribution in [-0.4, -0.2) is 56.0 Å². The molecule has 0 heterocycles. The molecule has 0 fully saturated rings. The molecule has 0 aromatic heterocycles. The molecule has 0 aliphatic rings. The molecule has 6 heteroatoms. The van der Waals surface area contributed by atoms with Crippen LogP contribution in [0.25, 0.3) is 0 Å². The summed E-state index contributed by atoms with van der Waals surface area (Å²) in [4.78, 5) is 14.9. The van der Waals surface area contributed by atoms with Gasteiger partial charge in [0.25, 0.3) is 5.69 Å². The summed E-state index contributed by atoms with van der Waals surface area (Å²) in [6.45, 7) is 2.60. The normalized spacial score (nSPS) is 11.1. The second-order valence-electron chi connectivity index (χ2n) is 4.90. The summed E-state index contributed by atoms with van der Waals surface area (Å²) >= 11 is 0. The molecule has 0 saturated carbocycles. The smallest absolute Gasteiger partial charge is 0.292 e. The van der Waals surface area contributed by atoms with Crippen molar-refractivity contribution in [3.8, 4) is 0 Å². The summed E-state index contributed by atoms with van der Waals surface area (Å²) in [6.07, 6.45) is 0. The summed E-state index contributed by atoms with van der Waals surface area (Å²) in [7, 11) is 7.76. The fourth-order valence-corrected chi connectivity index (χ4v) is 1.80. The van der Waals surface area contributed by atoms with Crippen LogP contribution in [0.3, 0.4) is 0 Å². The van der Waals surface area contributed by atoms with E-state index in [0.717, 1.165) is 18.7 Å². The monoisotopic (exact) mass is 266 g/mol. The lowest BCUT2D eigenvalue weighted by molar-refractivity contribution is -0.384. The highest BCUT2D eigenvalue weighted by atomic mass is 16.6. The van der Waals surface area contributed by atoms with Crippen LogP contribution in [0.2, 0.25) is 0 Å². The van der Waals surface area contributed by atoms with Gasteiger partial charge in [-0.3, -0.25) is 10.1 Å². The standard InChI is InChI=1S/C13H22N4O2/c1-14-12-6-5-11(9-13(12)17(18)19)10-16(4)8-7-15(2)3/h5-6,9,14H,7-8,10H2,1-4H3. The first-order valence-electron chi connectivity index (χ1n) is 6.22. The third-order valence-corrected chi connectivity index (χ3v) is 2.91. The van der Waals surface area contributed by atoms with E-state index in [1.54, 1.807) is 19.2 Å². The Morgan fingerprint density at radius 3 is 2.47 bits per heavy atom.